The van der Waals surface area contributed by atoms with Crippen molar-refractivity contribution in [2.45, 2.75) is 19.4 Å². The molecular formula is C12H19N3O2. The van der Waals surface area contributed by atoms with Gasteiger partial charge in [0.15, 0.2) is 0 Å². The second-order valence-corrected chi connectivity index (χ2v) is 3.96. The molecule has 1 amide bonds. The van der Waals surface area contributed by atoms with Crippen LogP contribution in [0.15, 0.2) is 18.2 Å². The van der Waals surface area contributed by atoms with Gasteiger partial charge in [0.2, 0.25) is 0 Å². The molecule has 0 aliphatic heterocycles. The van der Waals surface area contributed by atoms with Gasteiger partial charge in [-0.25, -0.2) is 0 Å². The topological polar surface area (TPSA) is 90.4 Å². The van der Waals surface area contributed by atoms with Gasteiger partial charge >= 0.3 is 0 Å². The maximum absolute atomic E-state index is 11.1. The first kappa shape index (κ1) is 13.3. The molecule has 0 radical (unpaired) electrons. The van der Waals surface area contributed by atoms with Gasteiger partial charge in [0.25, 0.3) is 5.91 Å². The lowest BCUT2D eigenvalue weighted by Crippen LogP contribution is -2.20. The van der Waals surface area contributed by atoms with Crippen molar-refractivity contribution in [2.24, 2.45) is 5.73 Å². The number of carbonyl (C=O) groups is 1. The highest BCUT2D eigenvalue weighted by Gasteiger charge is 2.10. The Balaban J connectivity index is 2.77. The van der Waals surface area contributed by atoms with E-state index in [-0.39, 0.29) is 6.04 Å². The highest BCUT2D eigenvalue weighted by Crippen LogP contribution is 2.23. The molecule has 0 aliphatic carbocycles. The van der Waals surface area contributed by atoms with Crippen LogP contribution in [-0.2, 0) is 4.74 Å². The van der Waals surface area contributed by atoms with Gasteiger partial charge in [-0.3, -0.25) is 4.79 Å². The van der Waals surface area contributed by atoms with Crippen LogP contribution in [0.5, 0.6) is 0 Å². The van der Waals surface area contributed by atoms with Crippen molar-refractivity contribution in [1.29, 1.82) is 0 Å². The normalized spacial score (nSPS) is 12.1. The number of benzene rings is 1. The van der Waals surface area contributed by atoms with E-state index >= 15 is 0 Å². The number of carbonyl (C=O) groups excluding carboxylic acids is 1. The first-order valence-electron chi connectivity index (χ1n) is 5.50. The summed E-state index contributed by atoms with van der Waals surface area (Å²) in [6.07, 6.45) is 0.858. The molecule has 0 saturated heterocycles. The Morgan fingerprint density at radius 3 is 2.82 bits per heavy atom. The molecule has 1 rings (SSSR count). The number of methoxy groups -OCH3 is 1. The average molecular weight is 237 g/mol. The van der Waals surface area contributed by atoms with Crippen LogP contribution in [0.4, 0.5) is 11.4 Å². The Kier molecular flexibility index (Phi) is 4.78. The first-order valence-corrected chi connectivity index (χ1v) is 5.50. The van der Waals surface area contributed by atoms with E-state index < -0.39 is 5.91 Å². The Morgan fingerprint density at radius 1 is 1.53 bits per heavy atom. The molecule has 1 aromatic carbocycles. The van der Waals surface area contributed by atoms with E-state index in [2.05, 4.69) is 5.32 Å². The molecule has 94 valence electrons. The number of amides is 1. The lowest BCUT2D eigenvalue weighted by Gasteiger charge is -2.17. The van der Waals surface area contributed by atoms with Gasteiger partial charge in [-0.05, 0) is 25.5 Å². The standard InChI is InChI=1S/C12H19N3O2/c1-8(6-7-17-2)15-10-5-3-4-9(11(10)13)12(14)16/h3-5,8,15H,6-7,13H2,1-2H3,(H2,14,16). The lowest BCUT2D eigenvalue weighted by molar-refractivity contribution is 0.100. The molecule has 5 heteroatoms. The summed E-state index contributed by atoms with van der Waals surface area (Å²) in [5, 5.41) is 3.23. The van der Waals surface area contributed by atoms with Crippen LogP contribution in [0.2, 0.25) is 0 Å². The highest BCUT2D eigenvalue weighted by molar-refractivity contribution is 6.00. The Labute approximate surface area is 101 Å². The van der Waals surface area contributed by atoms with Crippen molar-refractivity contribution in [1.82, 2.24) is 0 Å². The SMILES string of the molecule is COCCC(C)Nc1cccc(C(N)=O)c1N. The summed E-state index contributed by atoms with van der Waals surface area (Å²) < 4.78 is 5.00. The van der Waals surface area contributed by atoms with Gasteiger partial charge in [0, 0.05) is 19.8 Å². The third kappa shape index (κ3) is 3.64. The molecule has 1 atom stereocenters. The van der Waals surface area contributed by atoms with Crippen LogP contribution in [-0.4, -0.2) is 25.7 Å². The highest BCUT2D eigenvalue weighted by atomic mass is 16.5. The third-order valence-corrected chi connectivity index (χ3v) is 2.53. The number of hydrogen-bond donors (Lipinski definition) is 3. The molecule has 0 heterocycles. The van der Waals surface area contributed by atoms with E-state index in [4.69, 9.17) is 16.2 Å². The van der Waals surface area contributed by atoms with Gasteiger partial charge < -0.3 is 21.5 Å². The number of anilines is 2. The van der Waals surface area contributed by atoms with E-state index in [0.717, 1.165) is 12.1 Å². The van der Waals surface area contributed by atoms with Gasteiger partial charge in [-0.15, -0.1) is 0 Å². The zero-order chi connectivity index (χ0) is 12.8. The summed E-state index contributed by atoms with van der Waals surface area (Å²) >= 11 is 0. The second-order valence-electron chi connectivity index (χ2n) is 3.96. The smallest absolute Gasteiger partial charge is 0.250 e. The van der Waals surface area contributed by atoms with E-state index in [1.165, 1.54) is 0 Å². The maximum Gasteiger partial charge on any atom is 0.250 e. The van der Waals surface area contributed by atoms with Gasteiger partial charge in [-0.1, -0.05) is 6.07 Å². The van der Waals surface area contributed by atoms with Crippen molar-refractivity contribution in [3.8, 4) is 0 Å². The maximum atomic E-state index is 11.1. The third-order valence-electron chi connectivity index (χ3n) is 2.53. The number of primary amides is 1. The number of para-hydroxylation sites is 1. The number of ether oxygens (including phenoxy) is 1. The van der Waals surface area contributed by atoms with Crippen LogP contribution < -0.4 is 16.8 Å². The molecule has 0 aromatic heterocycles. The van der Waals surface area contributed by atoms with E-state index in [0.29, 0.717) is 17.9 Å². The van der Waals surface area contributed by atoms with Crippen LogP contribution >= 0.6 is 0 Å². The largest absolute Gasteiger partial charge is 0.396 e. The molecule has 5 N–H and O–H groups in total. The van der Waals surface area contributed by atoms with E-state index in [1.54, 1.807) is 19.2 Å². The quantitative estimate of drug-likeness (QED) is 0.648. The second kappa shape index (κ2) is 6.10. The number of nitrogen functional groups attached to an aromatic ring is 1. The molecule has 17 heavy (non-hydrogen) atoms. The zero-order valence-corrected chi connectivity index (χ0v) is 10.2. The van der Waals surface area contributed by atoms with E-state index in [1.807, 2.05) is 13.0 Å². The van der Waals surface area contributed by atoms with Crippen molar-refractivity contribution in [3.63, 3.8) is 0 Å². The predicted octanol–water partition coefficient (Wildman–Crippen LogP) is 1.20. The predicted molar refractivity (Wildman–Crippen MR) is 69.0 cm³/mol. The molecule has 0 bridgehead atoms. The molecule has 1 unspecified atom stereocenters. The molecule has 0 spiro atoms. The number of rotatable bonds is 6. The van der Waals surface area contributed by atoms with Gasteiger partial charge in [0.1, 0.15) is 0 Å². The van der Waals surface area contributed by atoms with Crippen molar-refractivity contribution < 1.29 is 9.53 Å². The van der Waals surface area contributed by atoms with Gasteiger partial charge in [0.05, 0.1) is 16.9 Å². The van der Waals surface area contributed by atoms with Gasteiger partial charge in [-0.2, -0.15) is 0 Å². The fraction of sp³-hybridized carbons (Fsp3) is 0.417. The lowest BCUT2D eigenvalue weighted by atomic mass is 10.1. The minimum absolute atomic E-state index is 0.209. The number of hydrogen-bond acceptors (Lipinski definition) is 4. The summed E-state index contributed by atoms with van der Waals surface area (Å²) in [5.74, 6) is -0.518. The zero-order valence-electron chi connectivity index (χ0n) is 10.2. The Bertz CT molecular complexity index is 393. The fourth-order valence-corrected chi connectivity index (χ4v) is 1.54. The van der Waals surface area contributed by atoms with E-state index in [9.17, 15) is 4.79 Å². The molecule has 0 saturated carbocycles. The summed E-state index contributed by atoms with van der Waals surface area (Å²) in [6, 6.07) is 5.40. The Hall–Kier alpha value is -1.75. The summed E-state index contributed by atoms with van der Waals surface area (Å²) in [6.45, 7) is 2.69. The molecule has 5 nitrogen and oxygen atoms in total. The number of nitrogens with two attached hydrogens (primary N) is 2. The minimum Gasteiger partial charge on any atom is -0.396 e. The summed E-state index contributed by atoms with van der Waals surface area (Å²) in [4.78, 5) is 11.1. The molecule has 0 aliphatic rings. The molecule has 0 fully saturated rings. The minimum atomic E-state index is -0.518. The first-order chi connectivity index (χ1) is 8.06. The molecular weight excluding hydrogens is 218 g/mol. The summed E-state index contributed by atoms with van der Waals surface area (Å²) in [5.41, 5.74) is 12.6. The molecule has 1 aromatic rings. The summed E-state index contributed by atoms with van der Waals surface area (Å²) in [7, 11) is 1.66. The monoisotopic (exact) mass is 237 g/mol. The van der Waals surface area contributed by atoms with Crippen molar-refractivity contribution >= 4 is 17.3 Å². The number of nitrogens with one attached hydrogen (secondary N) is 1. The average Bonchev–Trinajstić information content (AvgIpc) is 2.28. The van der Waals surface area contributed by atoms with Crippen LogP contribution in [0.25, 0.3) is 0 Å². The van der Waals surface area contributed by atoms with Crippen LogP contribution in [0.1, 0.15) is 23.7 Å². The van der Waals surface area contributed by atoms with Crippen LogP contribution in [0.3, 0.4) is 0 Å². The Morgan fingerprint density at radius 2 is 2.24 bits per heavy atom. The van der Waals surface area contributed by atoms with Crippen LogP contribution in [0, 0.1) is 0 Å². The van der Waals surface area contributed by atoms with Crippen molar-refractivity contribution in [2.75, 3.05) is 24.8 Å². The van der Waals surface area contributed by atoms with Crippen molar-refractivity contribution in [3.05, 3.63) is 23.8 Å². The fourth-order valence-electron chi connectivity index (χ4n) is 1.54.